The first kappa shape index (κ1) is 29.1. The van der Waals surface area contributed by atoms with Crippen LogP contribution in [0, 0.1) is 17.6 Å². The number of aryl methyl sites for hydroxylation is 1. The molecule has 0 fully saturated rings. The number of unbranched alkanes of at least 4 members (excludes halogenated alkanes) is 1. The van der Waals surface area contributed by atoms with Crippen molar-refractivity contribution in [2.45, 2.75) is 52.4 Å². The summed E-state index contributed by atoms with van der Waals surface area (Å²) in [5.74, 6) is -2.09. The molecule has 9 nitrogen and oxygen atoms in total. The van der Waals surface area contributed by atoms with Gasteiger partial charge in [-0.2, -0.15) is 14.6 Å². The number of nitrogens with zero attached hydrogens (tertiary/aromatic N) is 4. The first-order valence-corrected chi connectivity index (χ1v) is 14.1. The number of halogens is 2. The Morgan fingerprint density at radius 2 is 1.79 bits per heavy atom. The number of ether oxygens (including phenoxy) is 2. The molecule has 2 aliphatic rings. The number of rotatable bonds is 10. The van der Waals surface area contributed by atoms with Crippen LogP contribution >= 0.6 is 0 Å². The average molecular weight is 578 g/mol. The number of hydrogen-bond acceptors (Lipinski definition) is 7. The predicted octanol–water partition coefficient (Wildman–Crippen LogP) is 5.13. The van der Waals surface area contributed by atoms with Crippen LogP contribution in [0.4, 0.5) is 8.78 Å². The summed E-state index contributed by atoms with van der Waals surface area (Å²) in [7, 11) is 1.62. The van der Waals surface area contributed by atoms with Gasteiger partial charge in [0.15, 0.2) is 11.6 Å². The smallest absolute Gasteiger partial charge is 0.243 e. The standard InChI is InChI=1S/C31H33F2N5O4/c1-4-19-7-8-21-20(9-13-25(41-3)31(21)34-19)30-18(2)17-27(40)38(37-30)15-5-6-16-42-24-12-10-22(28(32)29(24)33)23-11-14-26(39)36-35-23/h7-10,12-13,18H,4-6,11,14-17H2,1-3H3,(H,36,39). The molecule has 1 atom stereocenters. The van der Waals surface area contributed by atoms with E-state index in [0.717, 1.165) is 34.3 Å². The molecule has 11 heteroatoms. The normalized spacial score (nSPS) is 17.2. The minimum absolute atomic E-state index is 0.00224. The van der Waals surface area contributed by atoms with Gasteiger partial charge in [-0.05, 0) is 49.6 Å². The molecule has 3 heterocycles. The van der Waals surface area contributed by atoms with Crippen molar-refractivity contribution in [3.8, 4) is 11.5 Å². The summed E-state index contributed by atoms with van der Waals surface area (Å²) in [5.41, 5.74) is 6.01. The van der Waals surface area contributed by atoms with Crippen molar-refractivity contribution >= 4 is 34.1 Å². The van der Waals surface area contributed by atoms with Crippen LogP contribution in [0.1, 0.15) is 62.8 Å². The van der Waals surface area contributed by atoms with Crippen molar-refractivity contribution in [3.05, 3.63) is 64.9 Å². The number of pyridine rings is 1. The van der Waals surface area contributed by atoms with Gasteiger partial charge in [0, 0.05) is 53.9 Å². The molecule has 0 bridgehead atoms. The second-order valence-corrected chi connectivity index (χ2v) is 10.4. The molecule has 2 aromatic carbocycles. The van der Waals surface area contributed by atoms with Gasteiger partial charge < -0.3 is 9.47 Å². The monoisotopic (exact) mass is 577 g/mol. The molecule has 2 amide bonds. The van der Waals surface area contributed by atoms with Gasteiger partial charge in [-0.15, -0.1) is 0 Å². The van der Waals surface area contributed by atoms with Crippen molar-refractivity contribution in [3.63, 3.8) is 0 Å². The third-order valence-electron chi connectivity index (χ3n) is 7.48. The van der Waals surface area contributed by atoms with Gasteiger partial charge >= 0.3 is 0 Å². The number of hydrazone groups is 2. The Kier molecular flexibility index (Phi) is 8.75. The molecule has 0 radical (unpaired) electrons. The van der Waals surface area contributed by atoms with Gasteiger partial charge in [0.2, 0.25) is 17.6 Å². The Morgan fingerprint density at radius 1 is 1.00 bits per heavy atom. The molecule has 1 N–H and O–H groups in total. The van der Waals surface area contributed by atoms with Crippen LogP contribution in [0.5, 0.6) is 11.5 Å². The Labute approximate surface area is 242 Å². The molecule has 1 aromatic heterocycles. The highest BCUT2D eigenvalue weighted by molar-refractivity contribution is 6.14. The van der Waals surface area contributed by atoms with E-state index in [2.05, 4.69) is 10.5 Å². The van der Waals surface area contributed by atoms with Crippen LogP contribution < -0.4 is 14.9 Å². The van der Waals surface area contributed by atoms with Crippen molar-refractivity contribution in [2.24, 2.45) is 16.1 Å². The maximum absolute atomic E-state index is 14.7. The summed E-state index contributed by atoms with van der Waals surface area (Å²) in [6.45, 7) is 4.54. The number of methoxy groups -OCH3 is 1. The summed E-state index contributed by atoms with van der Waals surface area (Å²) in [4.78, 5) is 28.9. The molecule has 5 rings (SSSR count). The minimum Gasteiger partial charge on any atom is -0.494 e. The quantitative estimate of drug-likeness (QED) is 0.337. The molecule has 0 saturated heterocycles. The fraction of sp³-hybridized carbons (Fsp3) is 0.387. The second-order valence-electron chi connectivity index (χ2n) is 10.4. The van der Waals surface area contributed by atoms with E-state index >= 15 is 0 Å². The van der Waals surface area contributed by atoms with Gasteiger partial charge in [-0.1, -0.05) is 19.9 Å². The van der Waals surface area contributed by atoms with Crippen molar-refractivity contribution < 1.29 is 27.8 Å². The van der Waals surface area contributed by atoms with Crippen LogP contribution in [-0.4, -0.2) is 53.5 Å². The van der Waals surface area contributed by atoms with Crippen molar-refractivity contribution in [1.82, 2.24) is 15.4 Å². The van der Waals surface area contributed by atoms with E-state index in [9.17, 15) is 18.4 Å². The number of amides is 2. The third kappa shape index (κ3) is 5.95. The molecule has 0 spiro atoms. The molecule has 1 unspecified atom stereocenters. The first-order valence-electron chi connectivity index (χ1n) is 14.1. The van der Waals surface area contributed by atoms with E-state index in [1.54, 1.807) is 7.11 Å². The minimum atomic E-state index is -1.10. The number of aromatic nitrogens is 1. The summed E-state index contributed by atoms with van der Waals surface area (Å²) < 4.78 is 40.4. The van der Waals surface area contributed by atoms with Crippen molar-refractivity contribution in [1.29, 1.82) is 0 Å². The Bertz CT molecular complexity index is 1590. The maximum Gasteiger partial charge on any atom is 0.243 e. The largest absolute Gasteiger partial charge is 0.494 e. The SMILES string of the molecule is CCc1ccc2c(C3=NN(CCCCOc4ccc(C5=NNC(=O)CC5)c(F)c4F)C(=O)CC3C)ccc(OC)c2n1. The highest BCUT2D eigenvalue weighted by Gasteiger charge is 2.29. The molecule has 42 heavy (non-hydrogen) atoms. The van der Waals surface area contributed by atoms with Gasteiger partial charge in [-0.3, -0.25) is 9.59 Å². The van der Waals surface area contributed by atoms with E-state index in [1.807, 2.05) is 38.1 Å². The zero-order valence-corrected chi connectivity index (χ0v) is 23.9. The van der Waals surface area contributed by atoms with Crippen molar-refractivity contribution in [2.75, 3.05) is 20.3 Å². The Hall–Kier alpha value is -4.41. The van der Waals surface area contributed by atoms with E-state index in [1.165, 1.54) is 17.1 Å². The molecular weight excluding hydrogens is 544 g/mol. The number of hydrogen-bond donors (Lipinski definition) is 1. The lowest BCUT2D eigenvalue weighted by atomic mass is 9.91. The molecule has 2 aliphatic heterocycles. The number of fused-ring (bicyclic) bond motifs is 1. The summed E-state index contributed by atoms with van der Waals surface area (Å²) in [6, 6.07) is 10.6. The fourth-order valence-corrected chi connectivity index (χ4v) is 5.14. The lowest BCUT2D eigenvalue weighted by Gasteiger charge is -2.28. The highest BCUT2D eigenvalue weighted by atomic mass is 19.2. The van der Waals surface area contributed by atoms with Crippen LogP contribution in [0.15, 0.2) is 46.6 Å². The maximum atomic E-state index is 14.7. The van der Waals surface area contributed by atoms with Crippen LogP contribution in [-0.2, 0) is 16.0 Å². The zero-order valence-electron chi connectivity index (χ0n) is 23.9. The van der Waals surface area contributed by atoms with E-state index < -0.39 is 11.6 Å². The second kappa shape index (κ2) is 12.6. The van der Waals surface area contributed by atoms with E-state index in [-0.39, 0.29) is 54.2 Å². The first-order chi connectivity index (χ1) is 20.3. The molecule has 3 aromatic rings. The van der Waals surface area contributed by atoms with Gasteiger partial charge in [0.25, 0.3) is 0 Å². The molecule has 0 aliphatic carbocycles. The predicted molar refractivity (Wildman–Crippen MR) is 155 cm³/mol. The van der Waals surface area contributed by atoms with Gasteiger partial charge in [0.1, 0.15) is 11.3 Å². The van der Waals surface area contributed by atoms with Gasteiger partial charge in [-0.25, -0.2) is 19.8 Å². The fourth-order valence-electron chi connectivity index (χ4n) is 5.14. The molecule has 0 saturated carbocycles. The lowest BCUT2D eigenvalue weighted by Crippen LogP contribution is -2.37. The molecular formula is C31H33F2N5O4. The van der Waals surface area contributed by atoms with E-state index in [0.29, 0.717) is 31.6 Å². The number of benzene rings is 2. The Morgan fingerprint density at radius 3 is 2.52 bits per heavy atom. The number of carbonyl (C=O) groups excluding carboxylic acids is 2. The van der Waals surface area contributed by atoms with E-state index in [4.69, 9.17) is 19.6 Å². The van der Waals surface area contributed by atoms with Gasteiger partial charge in [0.05, 0.1) is 25.1 Å². The number of carbonyl (C=O) groups is 2. The molecule has 220 valence electrons. The van der Waals surface area contributed by atoms with Crippen LogP contribution in [0.3, 0.4) is 0 Å². The average Bonchev–Trinajstić information content (AvgIpc) is 3.00. The summed E-state index contributed by atoms with van der Waals surface area (Å²) in [6.07, 6.45) is 2.58. The summed E-state index contributed by atoms with van der Waals surface area (Å²) >= 11 is 0. The zero-order chi connectivity index (χ0) is 29.8. The van der Waals surface area contributed by atoms with Crippen LogP contribution in [0.25, 0.3) is 10.9 Å². The third-order valence-corrected chi connectivity index (χ3v) is 7.48. The number of nitrogens with one attached hydrogen (secondary N) is 1. The lowest BCUT2D eigenvalue weighted by molar-refractivity contribution is -0.132. The van der Waals surface area contributed by atoms with Crippen LogP contribution in [0.2, 0.25) is 0 Å². The topological polar surface area (TPSA) is 105 Å². The highest BCUT2D eigenvalue weighted by Crippen LogP contribution is 2.31. The Balaban J connectivity index is 1.23. The summed E-state index contributed by atoms with van der Waals surface area (Å²) in [5, 5.41) is 11.0.